The van der Waals surface area contributed by atoms with Gasteiger partial charge in [-0.2, -0.15) is 0 Å². The van der Waals surface area contributed by atoms with Crippen LogP contribution in [0.25, 0.3) is 22.2 Å². The molecule has 2 aromatic carbocycles. The molecular formula is C28H31ClFN7O2. The largest absolute Gasteiger partial charge is 0.492 e. The zero-order valence-electron chi connectivity index (χ0n) is 21.7. The van der Waals surface area contributed by atoms with Crippen molar-refractivity contribution in [2.45, 2.75) is 0 Å². The Balaban J connectivity index is 1.36. The number of hydrogen-bond donors (Lipinski definition) is 2. The average Bonchev–Trinajstić information content (AvgIpc) is 2.95. The number of pyridine rings is 1. The summed E-state index contributed by atoms with van der Waals surface area (Å²) in [5.41, 5.74) is 8.22. The van der Waals surface area contributed by atoms with Crippen molar-refractivity contribution >= 4 is 33.9 Å². The van der Waals surface area contributed by atoms with Gasteiger partial charge in [0.2, 0.25) is 0 Å². The summed E-state index contributed by atoms with van der Waals surface area (Å²) >= 11 is 6.10. The number of piperazine rings is 1. The maximum atomic E-state index is 14.6. The minimum Gasteiger partial charge on any atom is -0.492 e. The van der Waals surface area contributed by atoms with E-state index in [1.165, 1.54) is 18.2 Å². The maximum absolute atomic E-state index is 14.6. The van der Waals surface area contributed by atoms with Gasteiger partial charge in [0.15, 0.2) is 0 Å². The van der Waals surface area contributed by atoms with Gasteiger partial charge in [0, 0.05) is 73.2 Å². The van der Waals surface area contributed by atoms with Crippen LogP contribution in [0.1, 0.15) is 0 Å². The fourth-order valence-corrected chi connectivity index (χ4v) is 4.57. The van der Waals surface area contributed by atoms with E-state index in [4.69, 9.17) is 26.8 Å². The Bertz CT molecular complexity index is 1430. The third kappa shape index (κ3) is 6.72. The summed E-state index contributed by atoms with van der Waals surface area (Å²) in [6.45, 7) is 6.33. The minimum absolute atomic E-state index is 0.237. The monoisotopic (exact) mass is 551 g/mol. The second kappa shape index (κ2) is 12.5. The molecule has 0 amide bonds. The highest BCUT2D eigenvalue weighted by atomic mass is 35.5. The Hall–Kier alpha value is -3.57. The Morgan fingerprint density at radius 3 is 2.64 bits per heavy atom. The summed E-state index contributed by atoms with van der Waals surface area (Å²) in [6, 6.07) is 13.6. The quantitative estimate of drug-likeness (QED) is 0.300. The molecule has 1 aliphatic rings. The maximum Gasteiger partial charge on any atom is 0.257 e. The van der Waals surface area contributed by atoms with Crippen molar-refractivity contribution < 1.29 is 13.9 Å². The lowest BCUT2D eigenvalue weighted by molar-refractivity contribution is 0.134. The molecule has 204 valence electrons. The highest BCUT2D eigenvalue weighted by Crippen LogP contribution is 2.34. The number of halogens is 2. The molecule has 1 fully saturated rings. The molecule has 0 atom stereocenters. The molecule has 0 spiro atoms. The van der Waals surface area contributed by atoms with Gasteiger partial charge in [0.05, 0.1) is 11.2 Å². The summed E-state index contributed by atoms with van der Waals surface area (Å²) in [4.78, 5) is 9.28. The molecule has 5 rings (SSSR count). The molecule has 3 N–H and O–H groups in total. The number of ether oxygens (including phenoxy) is 2. The number of benzene rings is 2. The van der Waals surface area contributed by atoms with Crippen molar-refractivity contribution in [2.75, 3.05) is 64.8 Å². The average molecular weight is 552 g/mol. The predicted molar refractivity (Wildman–Crippen MR) is 151 cm³/mol. The number of hydrogen-bond acceptors (Lipinski definition) is 9. The summed E-state index contributed by atoms with van der Waals surface area (Å²) in [6.07, 6.45) is 1.71. The van der Waals surface area contributed by atoms with Gasteiger partial charge >= 0.3 is 0 Å². The summed E-state index contributed by atoms with van der Waals surface area (Å²) in [5, 5.41) is 13.0. The standard InChI is InChI=1S/C28H31ClFN7O2/c1-36-9-11-37(12-10-36)13-15-38-20-3-4-21-24(6-8-32-25(21)17-20)33-27-18-26(34-35-28(27)39-14-7-31)22-16-19(29)2-5-23(22)30/h2-6,8,16-18H,7,9-15,31H2,1H3,(H,32,33,34). The van der Waals surface area contributed by atoms with E-state index >= 15 is 0 Å². The fraction of sp³-hybridized carbons (Fsp3) is 0.321. The number of aromatic nitrogens is 3. The molecule has 0 saturated carbocycles. The lowest BCUT2D eigenvalue weighted by Gasteiger charge is -2.32. The summed E-state index contributed by atoms with van der Waals surface area (Å²) < 4.78 is 26.3. The predicted octanol–water partition coefficient (Wildman–Crippen LogP) is 4.19. The highest BCUT2D eigenvalue weighted by Gasteiger charge is 2.16. The van der Waals surface area contributed by atoms with E-state index in [9.17, 15) is 4.39 Å². The molecule has 0 radical (unpaired) electrons. The van der Waals surface area contributed by atoms with Crippen molar-refractivity contribution in [3.05, 3.63) is 65.6 Å². The summed E-state index contributed by atoms with van der Waals surface area (Å²) in [7, 11) is 2.15. The second-order valence-corrected chi connectivity index (χ2v) is 9.80. The van der Waals surface area contributed by atoms with E-state index < -0.39 is 5.82 Å². The minimum atomic E-state index is -0.454. The SMILES string of the molecule is CN1CCN(CCOc2ccc3c(Nc4cc(-c5cc(Cl)ccc5F)nnc4OCCN)ccnc3c2)CC1. The number of rotatable bonds is 10. The van der Waals surface area contributed by atoms with Crippen molar-refractivity contribution in [3.63, 3.8) is 0 Å². The van der Waals surface area contributed by atoms with E-state index in [1.807, 2.05) is 24.3 Å². The number of anilines is 2. The van der Waals surface area contributed by atoms with Crippen LogP contribution in [-0.2, 0) is 0 Å². The van der Waals surface area contributed by atoms with Gasteiger partial charge in [0.25, 0.3) is 5.88 Å². The molecule has 3 heterocycles. The first kappa shape index (κ1) is 27.0. The molecule has 0 aliphatic carbocycles. The molecule has 0 bridgehead atoms. The van der Waals surface area contributed by atoms with Crippen LogP contribution in [0.15, 0.2) is 54.7 Å². The normalized spacial score (nSPS) is 14.5. The zero-order valence-corrected chi connectivity index (χ0v) is 22.5. The molecule has 4 aromatic rings. The van der Waals surface area contributed by atoms with Crippen molar-refractivity contribution in [1.82, 2.24) is 25.0 Å². The van der Waals surface area contributed by atoms with Crippen LogP contribution < -0.4 is 20.5 Å². The van der Waals surface area contributed by atoms with Crippen LogP contribution in [0.2, 0.25) is 5.02 Å². The molecule has 9 nitrogen and oxygen atoms in total. The zero-order chi connectivity index (χ0) is 27.2. The van der Waals surface area contributed by atoms with Crippen LogP contribution in [-0.4, -0.2) is 84.5 Å². The number of fused-ring (bicyclic) bond motifs is 1. The number of nitrogens with one attached hydrogen (secondary N) is 1. The van der Waals surface area contributed by atoms with Crippen LogP contribution in [0.5, 0.6) is 11.6 Å². The third-order valence-corrected chi connectivity index (χ3v) is 6.81. The van der Waals surface area contributed by atoms with E-state index in [1.54, 1.807) is 12.3 Å². The molecule has 1 saturated heterocycles. The van der Waals surface area contributed by atoms with Gasteiger partial charge in [-0.1, -0.05) is 11.6 Å². The molecular weight excluding hydrogens is 521 g/mol. The van der Waals surface area contributed by atoms with Gasteiger partial charge in [0.1, 0.15) is 30.5 Å². The van der Waals surface area contributed by atoms with Gasteiger partial charge in [-0.3, -0.25) is 9.88 Å². The molecule has 0 unspecified atom stereocenters. The Kier molecular flexibility index (Phi) is 8.67. The van der Waals surface area contributed by atoms with Gasteiger partial charge < -0.3 is 25.4 Å². The number of likely N-dealkylation sites (N-methyl/N-ethyl adjacent to an activating group) is 1. The van der Waals surface area contributed by atoms with Crippen molar-refractivity contribution in [1.29, 1.82) is 0 Å². The number of nitrogens with zero attached hydrogens (tertiary/aromatic N) is 5. The van der Waals surface area contributed by atoms with Gasteiger partial charge in [-0.25, -0.2) is 4.39 Å². The van der Waals surface area contributed by atoms with Crippen LogP contribution in [0.3, 0.4) is 0 Å². The molecule has 1 aliphatic heterocycles. The second-order valence-electron chi connectivity index (χ2n) is 9.37. The highest BCUT2D eigenvalue weighted by molar-refractivity contribution is 6.30. The van der Waals surface area contributed by atoms with Crippen molar-refractivity contribution in [2.24, 2.45) is 5.73 Å². The van der Waals surface area contributed by atoms with E-state index in [-0.39, 0.29) is 18.1 Å². The third-order valence-electron chi connectivity index (χ3n) is 6.58. The first-order valence-electron chi connectivity index (χ1n) is 12.9. The van der Waals surface area contributed by atoms with E-state index in [0.29, 0.717) is 29.6 Å². The van der Waals surface area contributed by atoms with Crippen LogP contribution in [0, 0.1) is 5.82 Å². The fourth-order valence-electron chi connectivity index (χ4n) is 4.39. The smallest absolute Gasteiger partial charge is 0.257 e. The topological polar surface area (TPSA) is 102 Å². The van der Waals surface area contributed by atoms with E-state index in [2.05, 4.69) is 37.3 Å². The summed E-state index contributed by atoms with van der Waals surface area (Å²) in [5.74, 6) is 0.558. The first-order valence-corrected chi connectivity index (χ1v) is 13.2. The van der Waals surface area contributed by atoms with Crippen LogP contribution in [0.4, 0.5) is 15.8 Å². The molecule has 2 aromatic heterocycles. The van der Waals surface area contributed by atoms with E-state index in [0.717, 1.165) is 55.1 Å². The van der Waals surface area contributed by atoms with Crippen LogP contribution >= 0.6 is 11.6 Å². The lowest BCUT2D eigenvalue weighted by atomic mass is 10.1. The first-order chi connectivity index (χ1) is 19.0. The Morgan fingerprint density at radius 1 is 0.974 bits per heavy atom. The van der Waals surface area contributed by atoms with Crippen molar-refractivity contribution in [3.8, 4) is 22.9 Å². The Labute approximate surface area is 231 Å². The van der Waals surface area contributed by atoms with Gasteiger partial charge in [-0.05, 0) is 49.5 Å². The lowest BCUT2D eigenvalue weighted by Crippen LogP contribution is -2.45. The van der Waals surface area contributed by atoms with Gasteiger partial charge in [-0.15, -0.1) is 10.2 Å². The molecule has 39 heavy (non-hydrogen) atoms. The Morgan fingerprint density at radius 2 is 1.82 bits per heavy atom. The number of nitrogens with two attached hydrogens (primary N) is 1. The molecule has 11 heteroatoms.